The van der Waals surface area contributed by atoms with Crippen LogP contribution in [0.15, 0.2) is 0 Å². The topological polar surface area (TPSA) is 52.2 Å². The monoisotopic (exact) mass is 195 g/mol. The number of rotatable bonds is 7. The van der Waals surface area contributed by atoms with Crippen molar-refractivity contribution in [3.8, 4) is 0 Å². The van der Waals surface area contributed by atoms with Gasteiger partial charge in [0.1, 0.15) is 0 Å². The van der Waals surface area contributed by atoms with Crippen LogP contribution in [-0.4, -0.2) is 5.91 Å². The molecule has 0 bridgehead atoms. The van der Waals surface area contributed by atoms with Gasteiger partial charge in [0.2, 0.25) is 5.91 Å². The Bertz CT molecular complexity index is 120. The smallest absolute Gasteiger partial charge is 0.759 e. The molecule has 0 saturated carbocycles. The molecule has 0 aliphatic heterocycles. The molecular formula is C9H18NNaO2. The van der Waals surface area contributed by atoms with Gasteiger partial charge in [0.25, 0.3) is 0 Å². The Balaban J connectivity index is 0. The second kappa shape index (κ2) is 12.4. The summed E-state index contributed by atoms with van der Waals surface area (Å²) < 4.78 is 0. The van der Waals surface area contributed by atoms with Crippen molar-refractivity contribution in [1.29, 1.82) is 0 Å². The summed E-state index contributed by atoms with van der Waals surface area (Å²) in [6.45, 7) is 2.17. The van der Waals surface area contributed by atoms with Gasteiger partial charge < -0.3 is 10.7 Å². The third kappa shape index (κ3) is 12.4. The van der Waals surface area contributed by atoms with Gasteiger partial charge in [-0.1, -0.05) is 39.0 Å². The summed E-state index contributed by atoms with van der Waals surface area (Å²) in [6.07, 6.45) is 7.23. The number of hydrogen-bond acceptors (Lipinski definition) is 2. The molecule has 13 heavy (non-hydrogen) atoms. The van der Waals surface area contributed by atoms with Crippen LogP contribution in [0.1, 0.15) is 51.9 Å². The van der Waals surface area contributed by atoms with Crippen LogP contribution in [0.5, 0.6) is 0 Å². The maximum Gasteiger partial charge on any atom is 1.00 e. The van der Waals surface area contributed by atoms with E-state index in [0.29, 0.717) is 6.42 Å². The van der Waals surface area contributed by atoms with Crippen LogP contribution in [0.4, 0.5) is 0 Å². The third-order valence-corrected chi connectivity index (χ3v) is 1.87. The maximum absolute atomic E-state index is 10.5. The van der Waals surface area contributed by atoms with Crippen molar-refractivity contribution >= 4 is 5.91 Å². The van der Waals surface area contributed by atoms with Crippen molar-refractivity contribution in [2.24, 2.45) is 0 Å². The minimum atomic E-state index is -0.384. The molecule has 0 atom stereocenters. The van der Waals surface area contributed by atoms with E-state index < -0.39 is 0 Å². The van der Waals surface area contributed by atoms with Gasteiger partial charge in [-0.25, -0.2) is 0 Å². The molecule has 0 aromatic heterocycles. The number of carbonyl (C=O) groups excluding carboxylic acids is 1. The van der Waals surface area contributed by atoms with E-state index in [1.54, 1.807) is 0 Å². The molecule has 0 unspecified atom stereocenters. The fraction of sp³-hybridized carbons (Fsp3) is 0.889. The van der Waals surface area contributed by atoms with Gasteiger partial charge in [0, 0.05) is 6.42 Å². The number of nitrogens with one attached hydrogen (secondary N) is 1. The van der Waals surface area contributed by atoms with Gasteiger partial charge in [0.15, 0.2) is 0 Å². The fourth-order valence-electron chi connectivity index (χ4n) is 1.12. The van der Waals surface area contributed by atoms with E-state index in [0.717, 1.165) is 12.8 Å². The van der Waals surface area contributed by atoms with E-state index in [1.807, 2.05) is 0 Å². The van der Waals surface area contributed by atoms with Gasteiger partial charge in [-0.05, 0) is 6.42 Å². The van der Waals surface area contributed by atoms with Gasteiger partial charge >= 0.3 is 29.6 Å². The molecule has 3 nitrogen and oxygen atoms in total. The van der Waals surface area contributed by atoms with E-state index >= 15 is 0 Å². The number of unbranched alkanes of at least 4 members (excludes halogenated alkanes) is 5. The molecule has 0 spiro atoms. The fourth-order valence-corrected chi connectivity index (χ4v) is 1.12. The summed E-state index contributed by atoms with van der Waals surface area (Å²) in [7, 11) is 0. The van der Waals surface area contributed by atoms with Crippen molar-refractivity contribution in [2.45, 2.75) is 51.9 Å². The number of hydroxylamine groups is 1. The molecule has 1 N–H and O–H groups in total. The predicted molar refractivity (Wildman–Crippen MR) is 49.5 cm³/mol. The second-order valence-electron chi connectivity index (χ2n) is 3.04. The molecule has 0 saturated heterocycles. The van der Waals surface area contributed by atoms with Gasteiger partial charge in [-0.15, -0.1) is 0 Å². The van der Waals surface area contributed by atoms with E-state index in [9.17, 15) is 10.0 Å². The molecule has 0 heterocycles. The van der Waals surface area contributed by atoms with Gasteiger partial charge in [0.05, 0.1) is 0 Å². The summed E-state index contributed by atoms with van der Waals surface area (Å²) in [6, 6.07) is 0. The van der Waals surface area contributed by atoms with Crippen LogP contribution in [0, 0.1) is 5.21 Å². The first kappa shape index (κ1) is 15.9. The zero-order chi connectivity index (χ0) is 9.23. The second-order valence-corrected chi connectivity index (χ2v) is 3.04. The number of hydrogen-bond donors (Lipinski definition) is 1. The molecule has 1 amide bonds. The zero-order valence-corrected chi connectivity index (χ0v) is 10.8. The number of amides is 1. The Morgan fingerprint density at radius 2 is 1.69 bits per heavy atom. The van der Waals surface area contributed by atoms with Crippen LogP contribution in [0.25, 0.3) is 0 Å². The average Bonchev–Trinajstić information content (AvgIpc) is 2.10. The summed E-state index contributed by atoms with van der Waals surface area (Å²) >= 11 is 0. The Morgan fingerprint density at radius 1 is 1.15 bits per heavy atom. The minimum absolute atomic E-state index is 0. The molecule has 0 aromatic rings. The Morgan fingerprint density at radius 3 is 2.23 bits per heavy atom. The molecule has 4 heteroatoms. The summed E-state index contributed by atoms with van der Waals surface area (Å²) in [5, 5.41) is 9.80. The van der Waals surface area contributed by atoms with Crippen molar-refractivity contribution in [3.05, 3.63) is 5.21 Å². The predicted octanol–water partition coefficient (Wildman–Crippen LogP) is -0.645. The first-order valence-electron chi connectivity index (χ1n) is 4.72. The third-order valence-electron chi connectivity index (χ3n) is 1.87. The van der Waals surface area contributed by atoms with Crippen LogP contribution in [0.2, 0.25) is 0 Å². The average molecular weight is 195 g/mol. The normalized spacial score (nSPS) is 9.08. The van der Waals surface area contributed by atoms with E-state index in [1.165, 1.54) is 31.2 Å². The Labute approximate surface area is 103 Å². The van der Waals surface area contributed by atoms with Gasteiger partial charge in [-0.2, -0.15) is 0 Å². The Kier molecular flexibility index (Phi) is 15.2. The molecule has 0 fully saturated rings. The zero-order valence-electron chi connectivity index (χ0n) is 8.77. The molecule has 0 aliphatic carbocycles. The standard InChI is InChI=1S/C9H18NO2.Na/c1-2-3-4-5-6-7-8-9(11)10-12;/h2-8H2,1H3,(H-,10,11,12);/q-1;+1. The molecule has 0 rings (SSSR count). The molecular weight excluding hydrogens is 177 g/mol. The van der Waals surface area contributed by atoms with Gasteiger partial charge in [-0.3, -0.25) is 4.79 Å². The molecule has 0 aliphatic rings. The van der Waals surface area contributed by atoms with E-state index in [-0.39, 0.29) is 35.5 Å². The van der Waals surface area contributed by atoms with Crippen molar-refractivity contribution in [2.75, 3.05) is 0 Å². The largest absolute Gasteiger partial charge is 1.00 e. The van der Waals surface area contributed by atoms with Crippen LogP contribution in [-0.2, 0) is 4.79 Å². The quantitative estimate of drug-likeness (QED) is 0.333. The van der Waals surface area contributed by atoms with Crippen molar-refractivity contribution < 1.29 is 34.4 Å². The summed E-state index contributed by atoms with van der Waals surface area (Å²) in [5.74, 6) is -0.384. The summed E-state index contributed by atoms with van der Waals surface area (Å²) in [4.78, 5) is 10.5. The van der Waals surface area contributed by atoms with Crippen molar-refractivity contribution in [1.82, 2.24) is 5.48 Å². The first-order chi connectivity index (χ1) is 5.81. The molecule has 0 radical (unpaired) electrons. The van der Waals surface area contributed by atoms with Crippen LogP contribution >= 0.6 is 0 Å². The number of carbonyl (C=O) groups is 1. The SMILES string of the molecule is CCCCCCCCC(=O)N[O-].[Na+]. The van der Waals surface area contributed by atoms with Crippen LogP contribution < -0.4 is 35.0 Å². The van der Waals surface area contributed by atoms with Crippen LogP contribution in [0.3, 0.4) is 0 Å². The first-order valence-corrected chi connectivity index (χ1v) is 4.72. The minimum Gasteiger partial charge on any atom is -0.759 e. The van der Waals surface area contributed by atoms with E-state index in [2.05, 4.69) is 6.92 Å². The summed E-state index contributed by atoms with van der Waals surface area (Å²) in [5.41, 5.74) is 1.38. The maximum atomic E-state index is 10.5. The van der Waals surface area contributed by atoms with Crippen molar-refractivity contribution in [3.63, 3.8) is 0 Å². The van der Waals surface area contributed by atoms with E-state index in [4.69, 9.17) is 0 Å². The molecule has 72 valence electrons. The molecule has 0 aromatic carbocycles. The Hall–Kier alpha value is 0.430.